The summed E-state index contributed by atoms with van der Waals surface area (Å²) in [5.41, 5.74) is 2.34. The van der Waals surface area contributed by atoms with Gasteiger partial charge in [0.2, 0.25) is 0 Å². The van der Waals surface area contributed by atoms with Gasteiger partial charge in [0.25, 0.3) is 5.91 Å². The lowest BCUT2D eigenvalue weighted by Crippen LogP contribution is -2.23. The minimum Gasteiger partial charge on any atom is -0.461 e. The van der Waals surface area contributed by atoms with Gasteiger partial charge in [-0.2, -0.15) is 0 Å². The average Bonchev–Trinajstić information content (AvgIpc) is 3.46. The van der Waals surface area contributed by atoms with E-state index in [0.717, 1.165) is 16.3 Å². The van der Waals surface area contributed by atoms with Crippen LogP contribution >= 0.6 is 11.8 Å². The predicted octanol–water partition coefficient (Wildman–Crippen LogP) is 4.92. The minimum atomic E-state index is -0.299. The van der Waals surface area contributed by atoms with E-state index in [2.05, 4.69) is 15.5 Å². The van der Waals surface area contributed by atoms with Crippen LogP contribution in [0.1, 0.15) is 28.4 Å². The smallest absolute Gasteiger partial charge is 0.251 e. The molecule has 0 aliphatic carbocycles. The van der Waals surface area contributed by atoms with E-state index in [0.29, 0.717) is 36.0 Å². The highest BCUT2D eigenvalue weighted by atomic mass is 32.2. The normalized spacial score (nSPS) is 10.9. The van der Waals surface area contributed by atoms with Gasteiger partial charge in [0, 0.05) is 24.4 Å². The van der Waals surface area contributed by atoms with E-state index in [1.165, 1.54) is 23.9 Å². The fraction of sp³-hybridized carbons (Fsp3) is 0.174. The van der Waals surface area contributed by atoms with E-state index in [9.17, 15) is 9.18 Å². The molecule has 0 saturated heterocycles. The molecule has 0 aliphatic heterocycles. The number of halogens is 1. The lowest BCUT2D eigenvalue weighted by Gasteiger charge is -2.11. The van der Waals surface area contributed by atoms with Crippen molar-refractivity contribution in [3.05, 3.63) is 89.4 Å². The Hall–Kier alpha value is -3.39. The number of amides is 1. The van der Waals surface area contributed by atoms with Gasteiger partial charge in [-0.15, -0.1) is 10.2 Å². The Morgan fingerprint density at radius 2 is 1.90 bits per heavy atom. The Bertz CT molecular complexity index is 1160. The van der Waals surface area contributed by atoms with Gasteiger partial charge >= 0.3 is 0 Å². The Balaban J connectivity index is 1.45. The standard InChI is InChI=1S/C23H21FN4O2S/c1-2-28-21(20-8-5-13-30-20)26-27-23(28)31-15-17-6-3-4-7-19(17)22(29)25-14-16-9-11-18(24)12-10-16/h3-13H,2,14-15H2,1H3,(H,25,29). The Morgan fingerprint density at radius 3 is 2.65 bits per heavy atom. The number of benzene rings is 2. The molecule has 6 nitrogen and oxygen atoms in total. The van der Waals surface area contributed by atoms with Crippen molar-refractivity contribution in [2.24, 2.45) is 0 Å². The molecule has 158 valence electrons. The number of hydrogen-bond acceptors (Lipinski definition) is 5. The van der Waals surface area contributed by atoms with Crippen LogP contribution in [0.15, 0.2) is 76.5 Å². The molecule has 8 heteroatoms. The number of rotatable bonds is 8. The zero-order chi connectivity index (χ0) is 21.6. The van der Waals surface area contributed by atoms with Crippen LogP contribution in [0.4, 0.5) is 4.39 Å². The third kappa shape index (κ3) is 4.86. The molecule has 1 amide bonds. The maximum atomic E-state index is 13.1. The highest BCUT2D eigenvalue weighted by molar-refractivity contribution is 7.98. The van der Waals surface area contributed by atoms with Crippen LogP contribution in [0.2, 0.25) is 0 Å². The minimum absolute atomic E-state index is 0.172. The van der Waals surface area contributed by atoms with Crippen LogP contribution in [0.25, 0.3) is 11.6 Å². The van der Waals surface area contributed by atoms with Gasteiger partial charge < -0.3 is 9.73 Å². The van der Waals surface area contributed by atoms with E-state index in [1.54, 1.807) is 24.5 Å². The molecule has 0 fully saturated rings. The first-order valence-electron chi connectivity index (χ1n) is 9.86. The maximum Gasteiger partial charge on any atom is 0.251 e. The second-order valence-electron chi connectivity index (χ2n) is 6.78. The zero-order valence-electron chi connectivity index (χ0n) is 16.9. The van der Waals surface area contributed by atoms with Crippen LogP contribution in [-0.4, -0.2) is 20.7 Å². The van der Waals surface area contributed by atoms with Crippen molar-refractivity contribution in [2.75, 3.05) is 0 Å². The van der Waals surface area contributed by atoms with Crippen LogP contribution in [0, 0.1) is 5.82 Å². The lowest BCUT2D eigenvalue weighted by molar-refractivity contribution is 0.0950. The van der Waals surface area contributed by atoms with Crippen LogP contribution < -0.4 is 5.32 Å². The zero-order valence-corrected chi connectivity index (χ0v) is 17.7. The van der Waals surface area contributed by atoms with Crippen molar-refractivity contribution in [2.45, 2.75) is 30.9 Å². The average molecular weight is 437 g/mol. The second kappa shape index (κ2) is 9.61. The molecule has 2 heterocycles. The first-order valence-corrected chi connectivity index (χ1v) is 10.8. The van der Waals surface area contributed by atoms with E-state index >= 15 is 0 Å². The van der Waals surface area contributed by atoms with Gasteiger partial charge in [-0.05, 0) is 48.4 Å². The van der Waals surface area contributed by atoms with E-state index in [4.69, 9.17) is 4.42 Å². The number of carbonyl (C=O) groups is 1. The van der Waals surface area contributed by atoms with Gasteiger partial charge in [0.15, 0.2) is 16.7 Å². The fourth-order valence-electron chi connectivity index (χ4n) is 3.16. The summed E-state index contributed by atoms with van der Waals surface area (Å²) >= 11 is 1.52. The first kappa shape index (κ1) is 20.9. The fourth-order valence-corrected chi connectivity index (χ4v) is 4.16. The number of aromatic nitrogens is 3. The molecule has 4 aromatic rings. The summed E-state index contributed by atoms with van der Waals surface area (Å²) in [6, 6.07) is 17.2. The van der Waals surface area contributed by atoms with E-state index in [-0.39, 0.29) is 11.7 Å². The van der Waals surface area contributed by atoms with E-state index in [1.807, 2.05) is 41.8 Å². The largest absolute Gasteiger partial charge is 0.461 e. The number of nitrogens with one attached hydrogen (secondary N) is 1. The molecular weight excluding hydrogens is 415 g/mol. The van der Waals surface area contributed by atoms with Crippen molar-refractivity contribution < 1.29 is 13.6 Å². The molecule has 0 saturated carbocycles. The summed E-state index contributed by atoms with van der Waals surface area (Å²) in [5, 5.41) is 12.2. The number of furan rings is 1. The molecule has 0 unspecified atom stereocenters. The molecule has 0 bridgehead atoms. The molecule has 0 aliphatic rings. The molecule has 0 atom stereocenters. The Morgan fingerprint density at radius 1 is 1.10 bits per heavy atom. The Labute approximate surface area is 183 Å². The molecule has 31 heavy (non-hydrogen) atoms. The van der Waals surface area contributed by atoms with Crippen LogP contribution in [0.3, 0.4) is 0 Å². The molecule has 0 radical (unpaired) electrons. The summed E-state index contributed by atoms with van der Waals surface area (Å²) in [6.07, 6.45) is 1.61. The van der Waals surface area contributed by atoms with Gasteiger partial charge in [-0.25, -0.2) is 4.39 Å². The van der Waals surface area contributed by atoms with Gasteiger partial charge in [0.1, 0.15) is 5.82 Å². The predicted molar refractivity (Wildman–Crippen MR) is 117 cm³/mol. The van der Waals surface area contributed by atoms with E-state index < -0.39 is 0 Å². The number of nitrogens with zero attached hydrogens (tertiary/aromatic N) is 3. The van der Waals surface area contributed by atoms with Crippen molar-refractivity contribution in [1.29, 1.82) is 0 Å². The second-order valence-corrected chi connectivity index (χ2v) is 7.73. The van der Waals surface area contributed by atoms with Crippen molar-refractivity contribution in [3.8, 4) is 11.6 Å². The number of thioether (sulfide) groups is 1. The van der Waals surface area contributed by atoms with Gasteiger partial charge in [-0.1, -0.05) is 42.1 Å². The highest BCUT2D eigenvalue weighted by Gasteiger charge is 2.17. The monoisotopic (exact) mass is 436 g/mol. The topological polar surface area (TPSA) is 73.0 Å². The summed E-state index contributed by atoms with van der Waals surface area (Å²) in [7, 11) is 0. The van der Waals surface area contributed by atoms with Gasteiger partial charge in [0.05, 0.1) is 6.26 Å². The number of carbonyl (C=O) groups excluding carboxylic acids is 1. The van der Waals surface area contributed by atoms with Crippen molar-refractivity contribution in [3.63, 3.8) is 0 Å². The SMILES string of the molecule is CCn1c(SCc2ccccc2C(=O)NCc2ccc(F)cc2)nnc1-c1ccco1. The van der Waals surface area contributed by atoms with Gasteiger partial charge in [-0.3, -0.25) is 9.36 Å². The summed E-state index contributed by atoms with van der Waals surface area (Å²) in [6.45, 7) is 3.05. The summed E-state index contributed by atoms with van der Waals surface area (Å²) < 4.78 is 20.5. The molecule has 2 aromatic heterocycles. The lowest BCUT2D eigenvalue weighted by atomic mass is 10.1. The molecule has 1 N–H and O–H groups in total. The number of hydrogen-bond donors (Lipinski definition) is 1. The quantitative estimate of drug-likeness (QED) is 0.397. The van der Waals surface area contributed by atoms with Crippen LogP contribution in [-0.2, 0) is 18.8 Å². The third-order valence-electron chi connectivity index (χ3n) is 4.76. The third-order valence-corrected chi connectivity index (χ3v) is 5.78. The first-order chi connectivity index (χ1) is 15.2. The maximum absolute atomic E-state index is 13.1. The Kier molecular flexibility index (Phi) is 6.47. The van der Waals surface area contributed by atoms with Crippen molar-refractivity contribution in [1.82, 2.24) is 20.1 Å². The summed E-state index contributed by atoms with van der Waals surface area (Å²) in [4.78, 5) is 12.8. The van der Waals surface area contributed by atoms with Crippen molar-refractivity contribution >= 4 is 17.7 Å². The summed E-state index contributed by atoms with van der Waals surface area (Å²) in [5.74, 6) is 1.44. The highest BCUT2D eigenvalue weighted by Crippen LogP contribution is 2.27. The molecule has 2 aromatic carbocycles. The molecule has 4 rings (SSSR count). The van der Waals surface area contributed by atoms with Crippen LogP contribution in [0.5, 0.6) is 0 Å². The molecule has 0 spiro atoms. The molecular formula is C23H21FN4O2S.